The van der Waals surface area contributed by atoms with Crippen LogP contribution in [0, 0.1) is 5.92 Å². The molecule has 0 heterocycles. The lowest BCUT2D eigenvalue weighted by Crippen LogP contribution is -2.15. The first kappa shape index (κ1) is 11.5. The van der Waals surface area contributed by atoms with Crippen LogP contribution in [0.1, 0.15) is 45.1 Å². The van der Waals surface area contributed by atoms with Gasteiger partial charge in [0.2, 0.25) is 0 Å². The maximum atomic E-state index is 3.58. The Kier molecular flexibility index (Phi) is 3.87. The molecule has 0 aromatic heterocycles. The van der Waals surface area contributed by atoms with Crippen LogP contribution in [-0.2, 0) is 6.42 Å². The van der Waals surface area contributed by atoms with Crippen molar-refractivity contribution in [3.8, 4) is 0 Å². The molecular weight excluding hydrogens is 194 g/mol. The molecule has 0 saturated heterocycles. The summed E-state index contributed by atoms with van der Waals surface area (Å²) in [5.41, 5.74) is 2.72. The summed E-state index contributed by atoms with van der Waals surface area (Å²) in [7, 11) is 0. The van der Waals surface area contributed by atoms with E-state index in [2.05, 4.69) is 43.4 Å². The molecule has 1 aromatic rings. The molecule has 2 rings (SSSR count). The molecule has 88 valence electrons. The normalized spacial score (nSPS) is 17.1. The zero-order valence-electron chi connectivity index (χ0n) is 10.5. The van der Waals surface area contributed by atoms with Crippen molar-refractivity contribution in [2.45, 2.75) is 52.0 Å². The van der Waals surface area contributed by atoms with E-state index in [0.29, 0.717) is 6.04 Å². The van der Waals surface area contributed by atoms with Gasteiger partial charge in [0, 0.05) is 11.7 Å². The molecule has 0 bridgehead atoms. The van der Waals surface area contributed by atoms with Gasteiger partial charge in [-0.2, -0.15) is 0 Å². The summed E-state index contributed by atoms with van der Waals surface area (Å²) in [6.07, 6.45) is 6.64. The highest BCUT2D eigenvalue weighted by atomic mass is 14.9. The summed E-state index contributed by atoms with van der Waals surface area (Å²) >= 11 is 0. The maximum absolute atomic E-state index is 3.58. The fraction of sp³-hybridized carbons (Fsp3) is 0.600. The van der Waals surface area contributed by atoms with Crippen LogP contribution < -0.4 is 5.32 Å². The Labute approximate surface area is 99.3 Å². The molecular formula is C15H23N. The van der Waals surface area contributed by atoms with E-state index in [1.807, 2.05) is 0 Å². The van der Waals surface area contributed by atoms with Crippen molar-refractivity contribution in [1.29, 1.82) is 0 Å². The first-order valence-corrected chi connectivity index (χ1v) is 6.63. The van der Waals surface area contributed by atoms with Gasteiger partial charge < -0.3 is 5.32 Å². The Hall–Kier alpha value is -0.980. The SMILES string of the molecule is CCCc1ccc(NC(C)CC2CC2)cc1. The lowest BCUT2D eigenvalue weighted by atomic mass is 10.1. The third-order valence-corrected chi connectivity index (χ3v) is 3.29. The molecule has 1 aromatic carbocycles. The number of hydrogen-bond donors (Lipinski definition) is 1. The Morgan fingerprint density at radius 1 is 1.25 bits per heavy atom. The summed E-state index contributed by atoms with van der Waals surface area (Å²) in [4.78, 5) is 0. The van der Waals surface area contributed by atoms with E-state index in [1.165, 1.54) is 43.4 Å². The molecule has 1 aliphatic rings. The largest absolute Gasteiger partial charge is 0.383 e. The van der Waals surface area contributed by atoms with Gasteiger partial charge in [-0.1, -0.05) is 38.3 Å². The van der Waals surface area contributed by atoms with Crippen LogP contribution in [0.5, 0.6) is 0 Å². The molecule has 1 aliphatic carbocycles. The predicted molar refractivity (Wildman–Crippen MR) is 70.9 cm³/mol. The number of nitrogens with one attached hydrogen (secondary N) is 1. The van der Waals surface area contributed by atoms with Crippen LogP contribution >= 0.6 is 0 Å². The van der Waals surface area contributed by atoms with Crippen molar-refractivity contribution in [2.75, 3.05) is 5.32 Å². The van der Waals surface area contributed by atoms with Gasteiger partial charge in [0.15, 0.2) is 0 Å². The average molecular weight is 217 g/mol. The highest BCUT2D eigenvalue weighted by molar-refractivity contribution is 5.45. The van der Waals surface area contributed by atoms with E-state index >= 15 is 0 Å². The monoisotopic (exact) mass is 217 g/mol. The quantitative estimate of drug-likeness (QED) is 0.751. The van der Waals surface area contributed by atoms with Crippen molar-refractivity contribution < 1.29 is 0 Å². The fourth-order valence-electron chi connectivity index (χ4n) is 2.25. The molecule has 1 N–H and O–H groups in total. The standard InChI is InChI=1S/C15H23N/c1-3-4-13-7-9-15(10-8-13)16-12(2)11-14-5-6-14/h7-10,12,14,16H,3-6,11H2,1-2H3. The second kappa shape index (κ2) is 5.38. The van der Waals surface area contributed by atoms with Crippen molar-refractivity contribution in [3.63, 3.8) is 0 Å². The van der Waals surface area contributed by atoms with Gasteiger partial charge in [-0.15, -0.1) is 0 Å². The second-order valence-electron chi connectivity index (χ2n) is 5.17. The molecule has 1 nitrogen and oxygen atoms in total. The van der Waals surface area contributed by atoms with Gasteiger partial charge in [-0.3, -0.25) is 0 Å². The van der Waals surface area contributed by atoms with Gasteiger partial charge in [-0.25, -0.2) is 0 Å². The number of rotatable bonds is 6. The van der Waals surface area contributed by atoms with Crippen molar-refractivity contribution >= 4 is 5.69 Å². The van der Waals surface area contributed by atoms with Crippen molar-refractivity contribution in [1.82, 2.24) is 0 Å². The number of aryl methyl sites for hydroxylation is 1. The van der Waals surface area contributed by atoms with Crippen LogP contribution in [0.25, 0.3) is 0 Å². The van der Waals surface area contributed by atoms with Crippen molar-refractivity contribution in [3.05, 3.63) is 29.8 Å². The van der Waals surface area contributed by atoms with Gasteiger partial charge >= 0.3 is 0 Å². The summed E-state index contributed by atoms with van der Waals surface area (Å²) in [6, 6.07) is 9.54. The van der Waals surface area contributed by atoms with E-state index in [-0.39, 0.29) is 0 Å². The van der Waals surface area contributed by atoms with Crippen LogP contribution in [0.15, 0.2) is 24.3 Å². The van der Waals surface area contributed by atoms with E-state index in [1.54, 1.807) is 0 Å². The highest BCUT2D eigenvalue weighted by Crippen LogP contribution is 2.34. The molecule has 1 unspecified atom stereocenters. The van der Waals surface area contributed by atoms with Gasteiger partial charge in [0.1, 0.15) is 0 Å². The molecule has 1 atom stereocenters. The molecule has 16 heavy (non-hydrogen) atoms. The van der Waals surface area contributed by atoms with Crippen LogP contribution in [0.3, 0.4) is 0 Å². The molecule has 0 amide bonds. The van der Waals surface area contributed by atoms with E-state index in [4.69, 9.17) is 0 Å². The molecule has 0 radical (unpaired) electrons. The smallest absolute Gasteiger partial charge is 0.0342 e. The Bertz CT molecular complexity index is 311. The first-order chi connectivity index (χ1) is 7.78. The van der Waals surface area contributed by atoms with Crippen LogP contribution in [0.2, 0.25) is 0 Å². The zero-order valence-corrected chi connectivity index (χ0v) is 10.5. The van der Waals surface area contributed by atoms with Crippen LogP contribution in [-0.4, -0.2) is 6.04 Å². The Morgan fingerprint density at radius 2 is 1.94 bits per heavy atom. The maximum Gasteiger partial charge on any atom is 0.0342 e. The lowest BCUT2D eigenvalue weighted by molar-refractivity contribution is 0.642. The molecule has 0 aliphatic heterocycles. The van der Waals surface area contributed by atoms with E-state index < -0.39 is 0 Å². The zero-order chi connectivity index (χ0) is 11.4. The third kappa shape index (κ3) is 3.55. The third-order valence-electron chi connectivity index (χ3n) is 3.29. The molecule has 0 spiro atoms. The van der Waals surface area contributed by atoms with E-state index in [0.717, 1.165) is 5.92 Å². The predicted octanol–water partition coefficient (Wildman–Crippen LogP) is 4.24. The summed E-state index contributed by atoms with van der Waals surface area (Å²) in [6.45, 7) is 4.52. The summed E-state index contributed by atoms with van der Waals surface area (Å²) < 4.78 is 0. The Morgan fingerprint density at radius 3 is 2.50 bits per heavy atom. The minimum Gasteiger partial charge on any atom is -0.383 e. The topological polar surface area (TPSA) is 12.0 Å². The molecule has 1 heteroatoms. The van der Waals surface area contributed by atoms with Gasteiger partial charge in [0.25, 0.3) is 0 Å². The first-order valence-electron chi connectivity index (χ1n) is 6.63. The van der Waals surface area contributed by atoms with Crippen molar-refractivity contribution in [2.24, 2.45) is 5.92 Å². The van der Waals surface area contributed by atoms with Gasteiger partial charge in [-0.05, 0) is 43.4 Å². The van der Waals surface area contributed by atoms with Crippen LogP contribution in [0.4, 0.5) is 5.69 Å². The van der Waals surface area contributed by atoms with Gasteiger partial charge in [0.05, 0.1) is 0 Å². The lowest BCUT2D eigenvalue weighted by Gasteiger charge is -2.15. The summed E-state index contributed by atoms with van der Waals surface area (Å²) in [5, 5.41) is 3.58. The Balaban J connectivity index is 1.83. The number of anilines is 1. The minimum absolute atomic E-state index is 0.615. The molecule has 1 fully saturated rings. The molecule has 1 saturated carbocycles. The number of hydrogen-bond acceptors (Lipinski definition) is 1. The average Bonchev–Trinajstić information content (AvgIpc) is 3.05. The highest BCUT2D eigenvalue weighted by Gasteiger charge is 2.23. The number of benzene rings is 1. The minimum atomic E-state index is 0.615. The fourth-order valence-corrected chi connectivity index (χ4v) is 2.25. The summed E-state index contributed by atoms with van der Waals surface area (Å²) in [5.74, 6) is 1.00. The van der Waals surface area contributed by atoms with E-state index in [9.17, 15) is 0 Å². The second-order valence-corrected chi connectivity index (χ2v) is 5.17.